The summed E-state index contributed by atoms with van der Waals surface area (Å²) in [6.45, 7) is 0. The second-order valence-electron chi connectivity index (χ2n) is 3.12. The summed E-state index contributed by atoms with van der Waals surface area (Å²) in [5.74, 6) is -2.83. The Kier molecular flexibility index (Phi) is 3.61. The van der Waals surface area contributed by atoms with Crippen molar-refractivity contribution in [1.29, 1.82) is 5.26 Å². The third-order valence-corrected chi connectivity index (χ3v) is 1.77. The van der Waals surface area contributed by atoms with Crippen LogP contribution in [0.3, 0.4) is 0 Å². The highest BCUT2D eigenvalue weighted by Crippen LogP contribution is 2.27. The lowest BCUT2D eigenvalue weighted by atomic mass is 10.1. The highest BCUT2D eigenvalue weighted by molar-refractivity contribution is 5.72. The third kappa shape index (κ3) is 3.51. The molecule has 0 saturated carbocycles. The van der Waals surface area contributed by atoms with Gasteiger partial charge in [0.05, 0.1) is 12.0 Å². The molecule has 6 nitrogen and oxygen atoms in total. The highest BCUT2D eigenvalue weighted by Gasteiger charge is 2.33. The van der Waals surface area contributed by atoms with Gasteiger partial charge in [0.1, 0.15) is 11.9 Å². The number of anilines is 1. The number of carboxylic acids is 1. The molecule has 0 fully saturated rings. The number of hydrogen-bond donors (Lipinski definition) is 2. The van der Waals surface area contributed by atoms with E-state index in [1.54, 1.807) is 6.07 Å². The molecule has 1 aromatic rings. The smallest absolute Gasteiger partial charge is 0.481 e. The van der Waals surface area contributed by atoms with Crippen LogP contribution in [0.2, 0.25) is 0 Å². The molecule has 18 heavy (non-hydrogen) atoms. The van der Waals surface area contributed by atoms with Crippen molar-refractivity contribution in [3.05, 3.63) is 17.2 Å². The first-order chi connectivity index (χ1) is 8.23. The number of nitrogen functional groups attached to an aromatic ring is 1. The lowest BCUT2D eigenvalue weighted by molar-refractivity contribution is -0.276. The lowest BCUT2D eigenvalue weighted by Crippen LogP contribution is -2.20. The van der Waals surface area contributed by atoms with Gasteiger partial charge in [0.25, 0.3) is 0 Å². The minimum Gasteiger partial charge on any atom is -0.481 e. The van der Waals surface area contributed by atoms with Crippen LogP contribution in [0.15, 0.2) is 6.07 Å². The van der Waals surface area contributed by atoms with Gasteiger partial charge in [0, 0.05) is 5.56 Å². The average Bonchev–Trinajstić information content (AvgIpc) is 2.19. The molecular formula is C9H6F3N3O3. The molecule has 0 saturated heterocycles. The molecule has 9 heteroatoms. The van der Waals surface area contributed by atoms with Crippen LogP contribution < -0.4 is 10.5 Å². The molecule has 1 rings (SSSR count). The van der Waals surface area contributed by atoms with Crippen molar-refractivity contribution in [2.45, 2.75) is 12.8 Å². The summed E-state index contributed by atoms with van der Waals surface area (Å²) in [6, 6.07) is 2.48. The Bertz CT molecular complexity index is 522. The quantitative estimate of drug-likeness (QED) is 0.841. The van der Waals surface area contributed by atoms with Crippen molar-refractivity contribution in [2.75, 3.05) is 5.73 Å². The molecule has 0 aromatic carbocycles. The number of nitrogens with zero attached hydrogens (tertiary/aromatic N) is 2. The number of nitriles is 1. The van der Waals surface area contributed by atoms with Crippen LogP contribution in [0, 0.1) is 11.3 Å². The minimum absolute atomic E-state index is 0.222. The first-order valence-electron chi connectivity index (χ1n) is 4.40. The number of hydrogen-bond acceptors (Lipinski definition) is 5. The Morgan fingerprint density at radius 3 is 2.67 bits per heavy atom. The van der Waals surface area contributed by atoms with Crippen LogP contribution in [0.4, 0.5) is 19.0 Å². The van der Waals surface area contributed by atoms with E-state index in [0.29, 0.717) is 0 Å². The number of carboxylic acid groups (broad SMARTS) is 1. The zero-order chi connectivity index (χ0) is 13.9. The highest BCUT2D eigenvalue weighted by atomic mass is 19.4. The van der Waals surface area contributed by atoms with Crippen LogP contribution in [0.5, 0.6) is 5.88 Å². The molecule has 3 N–H and O–H groups in total. The van der Waals surface area contributed by atoms with E-state index in [9.17, 15) is 18.0 Å². The van der Waals surface area contributed by atoms with E-state index in [1.807, 2.05) is 0 Å². The van der Waals surface area contributed by atoms with Gasteiger partial charge in [-0.15, -0.1) is 13.2 Å². The fourth-order valence-corrected chi connectivity index (χ4v) is 1.13. The first-order valence-corrected chi connectivity index (χ1v) is 4.40. The predicted octanol–water partition coefficient (Wildman–Crippen LogP) is 1.06. The maximum absolute atomic E-state index is 12.1. The van der Waals surface area contributed by atoms with E-state index in [-0.39, 0.29) is 11.1 Å². The standard InChI is InChI=1S/C9H6F3N3O3/c10-9(11,12)18-8-4(2-6(16)17)1-5(3-13)7(14)15-8/h1H,2H2,(H2,14,15)(H,16,17). The van der Waals surface area contributed by atoms with Crippen LogP contribution in [-0.4, -0.2) is 22.4 Å². The molecule has 0 radical (unpaired) electrons. The Morgan fingerprint density at radius 2 is 2.22 bits per heavy atom. The van der Waals surface area contributed by atoms with E-state index < -0.39 is 30.5 Å². The molecule has 1 aromatic heterocycles. The molecule has 0 bridgehead atoms. The molecule has 0 spiro atoms. The first kappa shape index (κ1) is 13.6. The van der Waals surface area contributed by atoms with Gasteiger partial charge < -0.3 is 15.6 Å². The van der Waals surface area contributed by atoms with E-state index in [1.165, 1.54) is 0 Å². The van der Waals surface area contributed by atoms with Crippen molar-refractivity contribution in [2.24, 2.45) is 0 Å². The molecule has 96 valence electrons. The fraction of sp³-hybridized carbons (Fsp3) is 0.222. The number of aromatic nitrogens is 1. The van der Waals surface area contributed by atoms with Crippen molar-refractivity contribution in [3.63, 3.8) is 0 Å². The predicted molar refractivity (Wildman–Crippen MR) is 51.4 cm³/mol. The number of halogens is 3. The van der Waals surface area contributed by atoms with Crippen molar-refractivity contribution in [1.82, 2.24) is 4.98 Å². The molecular weight excluding hydrogens is 255 g/mol. The van der Waals surface area contributed by atoms with E-state index in [0.717, 1.165) is 6.07 Å². The number of ether oxygens (including phenoxy) is 1. The molecule has 0 atom stereocenters. The normalized spacial score (nSPS) is 10.8. The van der Waals surface area contributed by atoms with Gasteiger partial charge in [-0.05, 0) is 6.07 Å². The summed E-state index contributed by atoms with van der Waals surface area (Å²) in [5.41, 5.74) is 4.62. The molecule has 0 aliphatic carbocycles. The van der Waals surface area contributed by atoms with Crippen LogP contribution in [0.25, 0.3) is 0 Å². The summed E-state index contributed by atoms with van der Waals surface area (Å²) < 4.78 is 39.7. The SMILES string of the molecule is N#Cc1cc(CC(=O)O)c(OC(F)(F)F)nc1N. The average molecular weight is 261 g/mol. The molecule has 0 aliphatic heterocycles. The van der Waals surface area contributed by atoms with Gasteiger partial charge >= 0.3 is 12.3 Å². The number of pyridine rings is 1. The van der Waals surface area contributed by atoms with Gasteiger partial charge in [0.2, 0.25) is 5.88 Å². The van der Waals surface area contributed by atoms with Crippen LogP contribution in [-0.2, 0) is 11.2 Å². The summed E-state index contributed by atoms with van der Waals surface area (Å²) in [4.78, 5) is 13.7. The maximum Gasteiger partial charge on any atom is 0.574 e. The maximum atomic E-state index is 12.1. The van der Waals surface area contributed by atoms with Gasteiger partial charge in [0.15, 0.2) is 0 Å². The lowest BCUT2D eigenvalue weighted by Gasteiger charge is -2.12. The van der Waals surface area contributed by atoms with Gasteiger partial charge in [-0.3, -0.25) is 4.79 Å². The second kappa shape index (κ2) is 4.79. The van der Waals surface area contributed by atoms with Gasteiger partial charge in [-0.1, -0.05) is 0 Å². The molecule has 0 aliphatic rings. The number of nitrogens with two attached hydrogens (primary N) is 1. The summed E-state index contributed by atoms with van der Waals surface area (Å²) in [6.07, 6.45) is -5.80. The van der Waals surface area contributed by atoms with E-state index in [4.69, 9.17) is 16.1 Å². The van der Waals surface area contributed by atoms with E-state index >= 15 is 0 Å². The van der Waals surface area contributed by atoms with Crippen molar-refractivity contribution < 1.29 is 27.8 Å². The second-order valence-corrected chi connectivity index (χ2v) is 3.12. The monoisotopic (exact) mass is 261 g/mol. The molecule has 1 heterocycles. The summed E-state index contributed by atoms with van der Waals surface area (Å²) in [5, 5.41) is 17.2. The number of alkyl halides is 3. The number of carbonyl (C=O) groups is 1. The minimum atomic E-state index is -5.03. The summed E-state index contributed by atoms with van der Waals surface area (Å²) >= 11 is 0. The van der Waals surface area contributed by atoms with Crippen molar-refractivity contribution >= 4 is 11.8 Å². The third-order valence-electron chi connectivity index (χ3n) is 1.77. The number of rotatable bonds is 3. The van der Waals surface area contributed by atoms with Crippen molar-refractivity contribution in [3.8, 4) is 11.9 Å². The van der Waals surface area contributed by atoms with Crippen LogP contribution >= 0.6 is 0 Å². The topological polar surface area (TPSA) is 109 Å². The Labute approximate surface area is 98.4 Å². The van der Waals surface area contributed by atoms with Gasteiger partial charge in [-0.25, -0.2) is 0 Å². The molecule has 0 amide bonds. The fourth-order valence-electron chi connectivity index (χ4n) is 1.13. The van der Waals surface area contributed by atoms with Gasteiger partial charge in [-0.2, -0.15) is 10.2 Å². The molecule has 0 unspecified atom stereocenters. The Hall–Kier alpha value is -2.50. The number of aliphatic carboxylic acids is 1. The summed E-state index contributed by atoms with van der Waals surface area (Å²) in [7, 11) is 0. The van der Waals surface area contributed by atoms with E-state index in [2.05, 4.69) is 9.72 Å². The zero-order valence-corrected chi connectivity index (χ0v) is 8.65. The Balaban J connectivity index is 3.26. The largest absolute Gasteiger partial charge is 0.574 e. The zero-order valence-electron chi connectivity index (χ0n) is 8.65. The van der Waals surface area contributed by atoms with Crippen LogP contribution in [0.1, 0.15) is 11.1 Å². The Morgan fingerprint density at radius 1 is 1.61 bits per heavy atom.